The summed E-state index contributed by atoms with van der Waals surface area (Å²) in [7, 11) is 2.14. The predicted molar refractivity (Wildman–Crippen MR) is 140 cm³/mol. The molecule has 0 saturated heterocycles. The van der Waals surface area contributed by atoms with Crippen molar-refractivity contribution in [3.8, 4) is 11.3 Å². The van der Waals surface area contributed by atoms with E-state index < -0.39 is 0 Å². The Morgan fingerprint density at radius 2 is 1.55 bits per heavy atom. The summed E-state index contributed by atoms with van der Waals surface area (Å²) in [6.07, 6.45) is 2.18. The average Bonchev–Trinajstić information content (AvgIpc) is 3.35. The summed E-state index contributed by atoms with van der Waals surface area (Å²) >= 11 is 1.88. The second-order valence-corrected chi connectivity index (χ2v) is 10.1. The Hall–Kier alpha value is -3.69. The molecule has 0 aliphatic heterocycles. The highest BCUT2D eigenvalue weighted by Gasteiger charge is 2.25. The maximum Gasteiger partial charge on any atom is 0.234 e. The number of fused-ring (bicyclic) bond motifs is 7. The lowest BCUT2D eigenvalue weighted by Gasteiger charge is -2.06. The standard InChI is InChI=1S/C30H22NOS/c1-17-8-10-21-22-11-9-18(2)27(29(22)32-25(21)14-17)28-30-23(12-13-31(28)3)24-15-19-6-4-5-7-20(19)16-26(24)33-30/h4-16H,1-3H3/q+1. The monoisotopic (exact) mass is 444 g/mol. The number of thiophene rings is 1. The molecule has 7 aromatic rings. The molecule has 33 heavy (non-hydrogen) atoms. The molecule has 2 nitrogen and oxygen atoms in total. The zero-order valence-corrected chi connectivity index (χ0v) is 19.6. The van der Waals surface area contributed by atoms with Crippen LogP contribution in [0.4, 0.5) is 0 Å². The first-order valence-corrected chi connectivity index (χ1v) is 12.1. The van der Waals surface area contributed by atoms with E-state index in [2.05, 4.69) is 104 Å². The first-order chi connectivity index (χ1) is 16.1. The van der Waals surface area contributed by atoms with Crippen molar-refractivity contribution in [3.63, 3.8) is 0 Å². The Kier molecular flexibility index (Phi) is 3.80. The highest BCUT2D eigenvalue weighted by molar-refractivity contribution is 7.26. The van der Waals surface area contributed by atoms with Gasteiger partial charge in [0.15, 0.2) is 6.20 Å². The summed E-state index contributed by atoms with van der Waals surface area (Å²) in [6, 6.07) is 26.5. The number of rotatable bonds is 1. The molecule has 0 unspecified atom stereocenters. The van der Waals surface area contributed by atoms with Crippen molar-refractivity contribution in [2.45, 2.75) is 13.8 Å². The third kappa shape index (κ3) is 2.63. The van der Waals surface area contributed by atoms with Crippen LogP contribution >= 0.6 is 11.3 Å². The molecule has 0 amide bonds. The summed E-state index contributed by atoms with van der Waals surface area (Å²) in [5, 5.41) is 7.54. The number of hydrogen-bond donors (Lipinski definition) is 0. The molecule has 7 rings (SSSR count). The van der Waals surface area contributed by atoms with Crippen LogP contribution in [0, 0.1) is 13.8 Å². The van der Waals surface area contributed by atoms with Crippen molar-refractivity contribution >= 4 is 64.2 Å². The summed E-state index contributed by atoms with van der Waals surface area (Å²) in [6.45, 7) is 4.30. The van der Waals surface area contributed by atoms with Crippen LogP contribution < -0.4 is 4.57 Å². The second-order valence-electron chi connectivity index (χ2n) is 9.05. The van der Waals surface area contributed by atoms with Gasteiger partial charge >= 0.3 is 0 Å². The first-order valence-electron chi connectivity index (χ1n) is 11.2. The summed E-state index contributed by atoms with van der Waals surface area (Å²) < 4.78 is 11.4. The maximum absolute atomic E-state index is 6.53. The molecule has 0 aliphatic carbocycles. The van der Waals surface area contributed by atoms with Gasteiger partial charge in [-0.15, -0.1) is 11.3 Å². The molecule has 0 bridgehead atoms. The highest BCUT2D eigenvalue weighted by Crippen LogP contribution is 2.43. The van der Waals surface area contributed by atoms with Gasteiger partial charge in [-0.1, -0.05) is 48.5 Å². The van der Waals surface area contributed by atoms with Crippen molar-refractivity contribution in [2.75, 3.05) is 0 Å². The van der Waals surface area contributed by atoms with Crippen LogP contribution in [0.2, 0.25) is 0 Å². The summed E-state index contributed by atoms with van der Waals surface area (Å²) in [5.74, 6) is 0. The van der Waals surface area contributed by atoms with Crippen molar-refractivity contribution in [1.82, 2.24) is 0 Å². The molecule has 0 saturated carbocycles. The van der Waals surface area contributed by atoms with Crippen molar-refractivity contribution in [2.24, 2.45) is 7.05 Å². The maximum atomic E-state index is 6.53. The van der Waals surface area contributed by atoms with Crippen LogP contribution in [0.5, 0.6) is 0 Å². The van der Waals surface area contributed by atoms with Gasteiger partial charge in [0.1, 0.15) is 22.9 Å². The molecule has 0 aliphatic rings. The van der Waals surface area contributed by atoms with E-state index >= 15 is 0 Å². The largest absolute Gasteiger partial charge is 0.455 e. The Morgan fingerprint density at radius 3 is 2.39 bits per heavy atom. The average molecular weight is 445 g/mol. The minimum atomic E-state index is 0.953. The van der Waals surface area contributed by atoms with Gasteiger partial charge in [0, 0.05) is 32.3 Å². The van der Waals surface area contributed by atoms with Crippen LogP contribution in [0.25, 0.3) is 64.1 Å². The van der Waals surface area contributed by atoms with Crippen LogP contribution in [-0.2, 0) is 7.05 Å². The Bertz CT molecular complexity index is 1900. The quantitative estimate of drug-likeness (QED) is 0.233. The van der Waals surface area contributed by atoms with Crippen molar-refractivity contribution in [1.29, 1.82) is 0 Å². The topological polar surface area (TPSA) is 17.0 Å². The lowest BCUT2D eigenvalue weighted by molar-refractivity contribution is -0.659. The summed E-state index contributed by atoms with van der Waals surface area (Å²) in [4.78, 5) is 0. The third-order valence-electron chi connectivity index (χ3n) is 6.87. The Labute approximate surface area is 195 Å². The fourth-order valence-corrected chi connectivity index (χ4v) is 6.51. The zero-order valence-electron chi connectivity index (χ0n) is 18.8. The zero-order chi connectivity index (χ0) is 22.3. The molecule has 3 aromatic heterocycles. The van der Waals surface area contributed by atoms with Crippen LogP contribution in [-0.4, -0.2) is 0 Å². The van der Waals surface area contributed by atoms with Crippen LogP contribution in [0.15, 0.2) is 83.4 Å². The van der Waals surface area contributed by atoms with Gasteiger partial charge in [-0.2, -0.15) is 4.57 Å². The molecule has 0 N–H and O–H groups in total. The minimum absolute atomic E-state index is 0.953. The molecular formula is C30H22NOS+. The van der Waals surface area contributed by atoms with E-state index in [-0.39, 0.29) is 0 Å². The Balaban J connectivity index is 1.63. The molecule has 0 spiro atoms. The van der Waals surface area contributed by atoms with Gasteiger partial charge in [0.25, 0.3) is 0 Å². The smallest absolute Gasteiger partial charge is 0.234 e. The van der Waals surface area contributed by atoms with E-state index in [1.54, 1.807) is 0 Å². The fraction of sp³-hybridized carbons (Fsp3) is 0.100. The number of aromatic nitrogens is 1. The summed E-state index contributed by atoms with van der Waals surface area (Å²) in [5.41, 5.74) is 6.77. The number of nitrogens with zero attached hydrogens (tertiary/aromatic N) is 1. The molecule has 3 heterocycles. The van der Waals surface area contributed by atoms with E-state index in [0.717, 1.165) is 11.2 Å². The third-order valence-corrected chi connectivity index (χ3v) is 8.04. The molecule has 4 aromatic carbocycles. The normalized spacial score (nSPS) is 12.1. The van der Waals surface area contributed by atoms with Gasteiger partial charge in [-0.05, 0) is 53.9 Å². The molecule has 0 fully saturated rings. The molecule has 3 heteroatoms. The highest BCUT2D eigenvalue weighted by atomic mass is 32.1. The lowest BCUT2D eigenvalue weighted by Crippen LogP contribution is -2.30. The number of pyridine rings is 1. The molecule has 0 radical (unpaired) electrons. The number of furan rings is 1. The van der Waals surface area contributed by atoms with Crippen LogP contribution in [0.3, 0.4) is 0 Å². The van der Waals surface area contributed by atoms with Gasteiger partial charge in [0.05, 0.1) is 5.56 Å². The molecular weight excluding hydrogens is 422 g/mol. The second kappa shape index (κ2) is 6.66. The molecule has 0 atom stereocenters. The van der Waals surface area contributed by atoms with Gasteiger partial charge in [-0.3, -0.25) is 0 Å². The van der Waals surface area contributed by atoms with E-state index in [0.29, 0.717) is 0 Å². The van der Waals surface area contributed by atoms with E-state index in [1.165, 1.54) is 64.1 Å². The number of benzene rings is 4. The minimum Gasteiger partial charge on any atom is -0.455 e. The van der Waals surface area contributed by atoms with Gasteiger partial charge in [-0.25, -0.2) is 0 Å². The van der Waals surface area contributed by atoms with E-state index in [9.17, 15) is 0 Å². The molecule has 158 valence electrons. The fourth-order valence-electron chi connectivity index (χ4n) is 5.19. The lowest BCUT2D eigenvalue weighted by atomic mass is 9.99. The predicted octanol–water partition coefficient (Wildman–Crippen LogP) is 8.22. The van der Waals surface area contributed by atoms with Gasteiger partial charge in [0.2, 0.25) is 5.69 Å². The van der Waals surface area contributed by atoms with Crippen molar-refractivity contribution in [3.05, 3.63) is 90.1 Å². The number of aryl methyl sites for hydroxylation is 3. The SMILES string of the molecule is Cc1ccc2c(c1)oc1c(-c3c4sc5cc6ccccc6cc5c4cc[n+]3C)c(C)ccc12. The first kappa shape index (κ1) is 18.8. The van der Waals surface area contributed by atoms with E-state index in [4.69, 9.17) is 4.42 Å². The van der Waals surface area contributed by atoms with Crippen LogP contribution in [0.1, 0.15) is 11.1 Å². The Morgan fingerprint density at radius 1 is 0.758 bits per heavy atom. The van der Waals surface area contributed by atoms with Gasteiger partial charge < -0.3 is 4.42 Å². The van der Waals surface area contributed by atoms with Crippen molar-refractivity contribution < 1.29 is 8.98 Å². The number of hydrogen-bond acceptors (Lipinski definition) is 2. The van der Waals surface area contributed by atoms with E-state index in [1.807, 2.05) is 11.3 Å².